The fourth-order valence-electron chi connectivity index (χ4n) is 1.68. The van der Waals surface area contributed by atoms with Gasteiger partial charge in [-0.05, 0) is 26.6 Å². The van der Waals surface area contributed by atoms with Crippen molar-refractivity contribution in [2.24, 2.45) is 0 Å². The van der Waals surface area contributed by atoms with Crippen LogP contribution in [-0.4, -0.2) is 38.1 Å². The van der Waals surface area contributed by atoms with E-state index in [0.717, 1.165) is 24.3 Å². The Balaban J connectivity index is 2.46. The molecule has 0 spiro atoms. The maximum Gasteiger partial charge on any atom is 0.234 e. The summed E-state index contributed by atoms with van der Waals surface area (Å²) in [4.78, 5) is 13.4. The van der Waals surface area contributed by atoms with Gasteiger partial charge in [0.25, 0.3) is 0 Å². The second-order valence-corrected chi connectivity index (χ2v) is 4.72. The third kappa shape index (κ3) is 6.21. The molecule has 0 aliphatic heterocycles. The number of nitrogens with one attached hydrogen (secondary N) is 1. The van der Waals surface area contributed by atoms with Gasteiger partial charge in [0.1, 0.15) is 12.2 Å². The van der Waals surface area contributed by atoms with Crippen molar-refractivity contribution in [2.75, 3.05) is 27.2 Å². The highest BCUT2D eigenvalue weighted by molar-refractivity contribution is 5.78. The number of hydrogen-bond acceptors (Lipinski definition) is 4. The molecule has 0 saturated heterocycles. The standard InChI is InChI=1S/C15H21N3O2/c1-18(2)10-5-11-20-14-7-4-3-6-13(14)12-17-15(19)8-9-16/h3-4,6-7H,5,8,10-12H2,1-2H3,(H,17,19). The SMILES string of the molecule is CN(C)CCCOc1ccccc1CNC(=O)CC#N. The highest BCUT2D eigenvalue weighted by atomic mass is 16.5. The fraction of sp³-hybridized carbons (Fsp3) is 0.467. The minimum absolute atomic E-state index is 0.119. The molecule has 0 atom stereocenters. The molecule has 1 N–H and O–H groups in total. The predicted octanol–water partition coefficient (Wildman–Crippen LogP) is 1.55. The molecular formula is C15H21N3O2. The number of rotatable bonds is 8. The molecule has 0 unspecified atom stereocenters. The molecule has 1 aromatic rings. The van der Waals surface area contributed by atoms with Crippen molar-refractivity contribution in [2.45, 2.75) is 19.4 Å². The van der Waals surface area contributed by atoms with E-state index in [9.17, 15) is 4.79 Å². The number of hydrogen-bond donors (Lipinski definition) is 1. The predicted molar refractivity (Wildman–Crippen MR) is 77.2 cm³/mol. The second-order valence-electron chi connectivity index (χ2n) is 4.72. The molecule has 0 bridgehead atoms. The van der Waals surface area contributed by atoms with Crippen LogP contribution in [0.5, 0.6) is 5.75 Å². The molecule has 0 aliphatic rings. The summed E-state index contributed by atoms with van der Waals surface area (Å²) in [6, 6.07) is 9.43. The number of benzene rings is 1. The molecule has 5 nitrogen and oxygen atoms in total. The maximum atomic E-state index is 11.3. The Labute approximate surface area is 120 Å². The van der Waals surface area contributed by atoms with Crippen LogP contribution in [0.25, 0.3) is 0 Å². The zero-order chi connectivity index (χ0) is 14.8. The summed E-state index contributed by atoms with van der Waals surface area (Å²) in [5, 5.41) is 11.1. The van der Waals surface area contributed by atoms with Gasteiger partial charge in [-0.15, -0.1) is 0 Å². The number of ether oxygens (including phenoxy) is 1. The van der Waals surface area contributed by atoms with E-state index >= 15 is 0 Å². The Morgan fingerprint density at radius 3 is 2.85 bits per heavy atom. The molecule has 0 radical (unpaired) electrons. The molecule has 20 heavy (non-hydrogen) atoms. The molecule has 0 fully saturated rings. The van der Waals surface area contributed by atoms with Crippen LogP contribution in [0.15, 0.2) is 24.3 Å². The summed E-state index contributed by atoms with van der Waals surface area (Å²) < 4.78 is 5.74. The first kappa shape index (κ1) is 16.0. The van der Waals surface area contributed by atoms with E-state index in [0.29, 0.717) is 13.2 Å². The van der Waals surface area contributed by atoms with Gasteiger partial charge in [-0.3, -0.25) is 4.79 Å². The summed E-state index contributed by atoms with van der Waals surface area (Å²) >= 11 is 0. The van der Waals surface area contributed by atoms with E-state index in [1.807, 2.05) is 44.4 Å². The lowest BCUT2D eigenvalue weighted by Crippen LogP contribution is -2.22. The highest BCUT2D eigenvalue weighted by Gasteiger charge is 2.05. The van der Waals surface area contributed by atoms with Gasteiger partial charge in [-0.25, -0.2) is 0 Å². The second kappa shape index (κ2) is 8.94. The average Bonchev–Trinajstić information content (AvgIpc) is 2.42. The molecule has 0 aromatic heterocycles. The lowest BCUT2D eigenvalue weighted by atomic mass is 10.2. The summed E-state index contributed by atoms with van der Waals surface area (Å²) in [7, 11) is 4.05. The Morgan fingerprint density at radius 1 is 1.40 bits per heavy atom. The molecule has 1 amide bonds. The number of carbonyl (C=O) groups excluding carboxylic acids is 1. The van der Waals surface area contributed by atoms with Crippen molar-refractivity contribution in [3.63, 3.8) is 0 Å². The van der Waals surface area contributed by atoms with Gasteiger partial charge < -0.3 is 15.0 Å². The van der Waals surface area contributed by atoms with E-state index in [4.69, 9.17) is 10.00 Å². The van der Waals surface area contributed by atoms with Crippen LogP contribution in [0, 0.1) is 11.3 Å². The number of nitriles is 1. The Bertz CT molecular complexity index is 466. The lowest BCUT2D eigenvalue weighted by Gasteiger charge is -2.13. The average molecular weight is 275 g/mol. The van der Waals surface area contributed by atoms with Crippen molar-refractivity contribution < 1.29 is 9.53 Å². The van der Waals surface area contributed by atoms with Gasteiger partial charge in [0.2, 0.25) is 5.91 Å². The lowest BCUT2D eigenvalue weighted by molar-refractivity contribution is -0.120. The first-order chi connectivity index (χ1) is 9.63. The van der Waals surface area contributed by atoms with Crippen molar-refractivity contribution in [1.29, 1.82) is 5.26 Å². The van der Waals surface area contributed by atoms with Crippen LogP contribution in [0.4, 0.5) is 0 Å². The Kier molecular flexibility index (Phi) is 7.15. The van der Waals surface area contributed by atoms with Crippen LogP contribution in [0.2, 0.25) is 0 Å². The van der Waals surface area contributed by atoms with Crippen LogP contribution >= 0.6 is 0 Å². The van der Waals surface area contributed by atoms with E-state index in [1.165, 1.54) is 0 Å². The zero-order valence-corrected chi connectivity index (χ0v) is 12.1. The number of para-hydroxylation sites is 1. The number of nitrogens with zero attached hydrogens (tertiary/aromatic N) is 2. The van der Waals surface area contributed by atoms with Gasteiger partial charge in [0, 0.05) is 18.7 Å². The van der Waals surface area contributed by atoms with Crippen LogP contribution in [-0.2, 0) is 11.3 Å². The number of amides is 1. The van der Waals surface area contributed by atoms with E-state index in [-0.39, 0.29) is 12.3 Å². The summed E-state index contributed by atoms with van der Waals surface area (Å²) in [6.45, 7) is 1.99. The molecule has 0 saturated carbocycles. The smallest absolute Gasteiger partial charge is 0.234 e. The maximum absolute atomic E-state index is 11.3. The first-order valence-corrected chi connectivity index (χ1v) is 6.62. The van der Waals surface area contributed by atoms with E-state index < -0.39 is 0 Å². The highest BCUT2D eigenvalue weighted by Crippen LogP contribution is 2.17. The van der Waals surface area contributed by atoms with E-state index in [1.54, 1.807) is 0 Å². The Hall–Kier alpha value is -2.06. The molecule has 0 heterocycles. The summed E-state index contributed by atoms with van der Waals surface area (Å²) in [5.74, 6) is 0.512. The normalized spacial score (nSPS) is 10.1. The van der Waals surface area contributed by atoms with Crippen LogP contribution in [0.3, 0.4) is 0 Å². The fourth-order valence-corrected chi connectivity index (χ4v) is 1.68. The summed E-state index contributed by atoms with van der Waals surface area (Å²) in [5.41, 5.74) is 0.920. The molecule has 0 aliphatic carbocycles. The van der Waals surface area contributed by atoms with E-state index in [2.05, 4.69) is 10.2 Å². The monoisotopic (exact) mass is 275 g/mol. The molecule has 108 valence electrons. The zero-order valence-electron chi connectivity index (χ0n) is 12.1. The summed E-state index contributed by atoms with van der Waals surface area (Å²) in [6.07, 6.45) is 0.827. The molecule has 1 aromatic carbocycles. The molecule has 5 heteroatoms. The molecular weight excluding hydrogens is 254 g/mol. The van der Waals surface area contributed by atoms with Crippen molar-refractivity contribution in [1.82, 2.24) is 10.2 Å². The first-order valence-electron chi connectivity index (χ1n) is 6.62. The Morgan fingerprint density at radius 2 is 2.15 bits per heavy atom. The van der Waals surface area contributed by atoms with Gasteiger partial charge in [0.05, 0.1) is 12.7 Å². The molecule has 1 rings (SSSR count). The topological polar surface area (TPSA) is 65.4 Å². The van der Waals surface area contributed by atoms with Crippen LogP contribution in [0.1, 0.15) is 18.4 Å². The van der Waals surface area contributed by atoms with Gasteiger partial charge >= 0.3 is 0 Å². The number of carbonyl (C=O) groups is 1. The van der Waals surface area contributed by atoms with Gasteiger partial charge in [-0.2, -0.15) is 5.26 Å². The third-order valence-corrected chi connectivity index (χ3v) is 2.70. The van der Waals surface area contributed by atoms with Crippen molar-refractivity contribution in [3.8, 4) is 11.8 Å². The van der Waals surface area contributed by atoms with Gasteiger partial charge in [0.15, 0.2) is 0 Å². The third-order valence-electron chi connectivity index (χ3n) is 2.70. The van der Waals surface area contributed by atoms with Crippen molar-refractivity contribution in [3.05, 3.63) is 29.8 Å². The minimum Gasteiger partial charge on any atom is -0.493 e. The van der Waals surface area contributed by atoms with Crippen molar-refractivity contribution >= 4 is 5.91 Å². The minimum atomic E-state index is -0.269. The largest absolute Gasteiger partial charge is 0.493 e. The van der Waals surface area contributed by atoms with Gasteiger partial charge in [-0.1, -0.05) is 18.2 Å². The quantitative estimate of drug-likeness (QED) is 0.731. The van der Waals surface area contributed by atoms with Crippen LogP contribution < -0.4 is 10.1 Å².